The highest BCUT2D eigenvalue weighted by atomic mass is 35.5. The fraction of sp³-hybridized carbons (Fsp3) is 0.467. The maximum absolute atomic E-state index is 12.0. The Morgan fingerprint density at radius 1 is 1.26 bits per heavy atom. The number of hydrogen-bond acceptors (Lipinski definition) is 2. The van der Waals surface area contributed by atoms with Crippen LogP contribution in [0.3, 0.4) is 0 Å². The van der Waals surface area contributed by atoms with Crippen molar-refractivity contribution in [2.45, 2.75) is 33.1 Å². The molecule has 1 aliphatic carbocycles. The molecule has 1 aliphatic rings. The van der Waals surface area contributed by atoms with Gasteiger partial charge in [0, 0.05) is 5.71 Å². The minimum atomic E-state index is -0.247. The largest absolute Gasteiger partial charge is 0.272 e. The lowest BCUT2D eigenvalue weighted by Gasteiger charge is -2.26. The van der Waals surface area contributed by atoms with Gasteiger partial charge in [-0.15, -0.1) is 0 Å². The minimum absolute atomic E-state index is 0.247. The Kier molecular flexibility index (Phi) is 4.59. The summed E-state index contributed by atoms with van der Waals surface area (Å²) in [6.07, 6.45) is 3.52. The number of rotatable bonds is 2. The summed E-state index contributed by atoms with van der Waals surface area (Å²) >= 11 is 5.99. The van der Waals surface area contributed by atoms with Crippen molar-refractivity contribution < 1.29 is 4.79 Å². The molecule has 0 aliphatic heterocycles. The molecule has 1 N–H and O–H groups in total. The zero-order valence-corrected chi connectivity index (χ0v) is 12.1. The predicted molar refractivity (Wildman–Crippen MR) is 78.5 cm³/mol. The van der Waals surface area contributed by atoms with Crippen molar-refractivity contribution in [1.29, 1.82) is 0 Å². The van der Waals surface area contributed by atoms with E-state index in [1.807, 2.05) is 0 Å². The van der Waals surface area contributed by atoms with Gasteiger partial charge in [-0.25, -0.2) is 5.43 Å². The van der Waals surface area contributed by atoms with Crippen LogP contribution in [-0.2, 0) is 0 Å². The third-order valence-corrected chi connectivity index (χ3v) is 4.02. The topological polar surface area (TPSA) is 41.5 Å². The van der Waals surface area contributed by atoms with Gasteiger partial charge in [0.1, 0.15) is 0 Å². The quantitative estimate of drug-likeness (QED) is 0.820. The van der Waals surface area contributed by atoms with Crippen LogP contribution in [0, 0.1) is 11.8 Å². The highest BCUT2D eigenvalue weighted by Crippen LogP contribution is 2.26. The zero-order chi connectivity index (χ0) is 13.8. The van der Waals surface area contributed by atoms with Crippen LogP contribution in [0.1, 0.15) is 43.5 Å². The Hall–Kier alpha value is -1.35. The van der Waals surface area contributed by atoms with Crippen molar-refractivity contribution >= 4 is 23.2 Å². The number of amides is 1. The van der Waals surface area contributed by atoms with Crippen LogP contribution in [0.2, 0.25) is 5.02 Å². The summed E-state index contributed by atoms with van der Waals surface area (Å²) in [7, 11) is 0. The highest BCUT2D eigenvalue weighted by Gasteiger charge is 2.23. The normalized spacial score (nSPS) is 25.3. The van der Waals surface area contributed by atoms with Gasteiger partial charge in [0.05, 0.1) is 10.6 Å². The van der Waals surface area contributed by atoms with Crippen LogP contribution in [-0.4, -0.2) is 11.6 Å². The van der Waals surface area contributed by atoms with Crippen LogP contribution < -0.4 is 5.43 Å². The van der Waals surface area contributed by atoms with E-state index in [1.165, 1.54) is 6.42 Å². The maximum Gasteiger partial charge on any atom is 0.272 e. The summed E-state index contributed by atoms with van der Waals surface area (Å²) in [6, 6.07) is 7.00. The monoisotopic (exact) mass is 278 g/mol. The standard InChI is InChI=1S/C15H19ClN2O/c1-10-6-5-7-11(2)14(10)17-18-15(19)12-8-3-4-9-13(12)16/h3-4,8-11H,5-7H2,1-2H3,(H,18,19)/t10-,11+. The van der Waals surface area contributed by atoms with Crippen LogP contribution in [0.25, 0.3) is 0 Å². The SMILES string of the molecule is C[C@@H]1CCC[C@H](C)C1=NNC(=O)c1ccccc1Cl. The molecule has 0 bridgehead atoms. The van der Waals surface area contributed by atoms with Crippen molar-refractivity contribution in [3.63, 3.8) is 0 Å². The molecule has 0 aromatic heterocycles. The van der Waals surface area contributed by atoms with E-state index in [1.54, 1.807) is 24.3 Å². The second-order valence-electron chi connectivity index (χ2n) is 5.19. The second kappa shape index (κ2) is 6.20. The average Bonchev–Trinajstić information content (AvgIpc) is 2.38. The van der Waals surface area contributed by atoms with Crippen molar-refractivity contribution in [1.82, 2.24) is 5.43 Å². The smallest absolute Gasteiger partial charge is 0.267 e. The first-order chi connectivity index (χ1) is 9.09. The summed E-state index contributed by atoms with van der Waals surface area (Å²) in [5.74, 6) is 0.633. The fourth-order valence-electron chi connectivity index (χ4n) is 2.55. The number of carbonyl (C=O) groups excluding carboxylic acids is 1. The summed E-state index contributed by atoms with van der Waals surface area (Å²) in [5, 5.41) is 4.77. The molecule has 1 aromatic carbocycles. The summed E-state index contributed by atoms with van der Waals surface area (Å²) in [5.41, 5.74) is 4.19. The van der Waals surface area contributed by atoms with Gasteiger partial charge in [0.15, 0.2) is 0 Å². The molecule has 2 rings (SSSR count). The van der Waals surface area contributed by atoms with Crippen LogP contribution in [0.15, 0.2) is 29.4 Å². The Morgan fingerprint density at radius 3 is 2.53 bits per heavy atom. The molecule has 0 heterocycles. The Balaban J connectivity index is 2.09. The van der Waals surface area contributed by atoms with Gasteiger partial charge in [0.2, 0.25) is 0 Å². The first-order valence-corrected chi connectivity index (χ1v) is 7.09. The van der Waals surface area contributed by atoms with Crippen molar-refractivity contribution in [2.24, 2.45) is 16.9 Å². The molecule has 102 valence electrons. The first kappa shape index (κ1) is 14.1. The van der Waals surface area contributed by atoms with Crippen LogP contribution >= 0.6 is 11.6 Å². The molecule has 4 heteroatoms. The molecular weight excluding hydrogens is 260 g/mol. The van der Waals surface area contributed by atoms with Gasteiger partial charge in [0.25, 0.3) is 5.91 Å². The third-order valence-electron chi connectivity index (χ3n) is 3.69. The molecule has 19 heavy (non-hydrogen) atoms. The number of nitrogens with one attached hydrogen (secondary N) is 1. The maximum atomic E-state index is 12.0. The second-order valence-corrected chi connectivity index (χ2v) is 5.60. The van der Waals surface area contributed by atoms with E-state index in [9.17, 15) is 4.79 Å². The van der Waals surface area contributed by atoms with Gasteiger partial charge in [-0.05, 0) is 36.8 Å². The van der Waals surface area contributed by atoms with E-state index in [4.69, 9.17) is 11.6 Å². The molecule has 1 fully saturated rings. The first-order valence-electron chi connectivity index (χ1n) is 6.72. The predicted octanol–water partition coefficient (Wildman–Crippen LogP) is 3.88. The van der Waals surface area contributed by atoms with Crippen molar-refractivity contribution in [3.05, 3.63) is 34.9 Å². The Labute approximate surface area is 119 Å². The Bertz CT molecular complexity index is 487. The molecule has 1 aromatic rings. The van der Waals surface area contributed by atoms with Gasteiger partial charge in [-0.2, -0.15) is 5.10 Å². The van der Waals surface area contributed by atoms with E-state index in [0.29, 0.717) is 22.4 Å². The summed E-state index contributed by atoms with van der Waals surface area (Å²) in [6.45, 7) is 4.33. The summed E-state index contributed by atoms with van der Waals surface area (Å²) < 4.78 is 0. The van der Waals surface area contributed by atoms with Crippen LogP contribution in [0.4, 0.5) is 0 Å². The van der Waals surface area contributed by atoms with Gasteiger partial charge in [-0.1, -0.05) is 44.0 Å². The minimum Gasteiger partial charge on any atom is -0.267 e. The molecule has 0 saturated heterocycles. The zero-order valence-electron chi connectivity index (χ0n) is 11.3. The molecule has 0 unspecified atom stereocenters. The van der Waals surface area contributed by atoms with E-state index in [0.717, 1.165) is 18.6 Å². The van der Waals surface area contributed by atoms with E-state index >= 15 is 0 Å². The van der Waals surface area contributed by atoms with Crippen LogP contribution in [0.5, 0.6) is 0 Å². The molecule has 2 atom stereocenters. The molecule has 1 saturated carbocycles. The van der Waals surface area contributed by atoms with Gasteiger partial charge in [-0.3, -0.25) is 4.79 Å². The van der Waals surface area contributed by atoms with E-state index < -0.39 is 0 Å². The molecule has 3 nitrogen and oxygen atoms in total. The van der Waals surface area contributed by atoms with Gasteiger partial charge >= 0.3 is 0 Å². The lowest BCUT2D eigenvalue weighted by molar-refractivity contribution is 0.0954. The Morgan fingerprint density at radius 2 is 1.89 bits per heavy atom. The third kappa shape index (κ3) is 3.35. The summed E-state index contributed by atoms with van der Waals surface area (Å²) in [4.78, 5) is 12.0. The number of benzene rings is 1. The number of carbonyl (C=O) groups is 1. The molecule has 1 amide bonds. The highest BCUT2D eigenvalue weighted by molar-refractivity contribution is 6.33. The van der Waals surface area contributed by atoms with Crippen molar-refractivity contribution in [2.75, 3.05) is 0 Å². The van der Waals surface area contributed by atoms with Crippen molar-refractivity contribution in [3.8, 4) is 0 Å². The molecule has 0 spiro atoms. The van der Waals surface area contributed by atoms with Gasteiger partial charge < -0.3 is 0 Å². The number of hydrazone groups is 1. The average molecular weight is 279 g/mol. The lowest BCUT2D eigenvalue weighted by Crippen LogP contribution is -2.29. The molecular formula is C15H19ClN2O. The van der Waals surface area contributed by atoms with E-state index in [2.05, 4.69) is 24.4 Å². The number of halogens is 1. The number of hydrogen-bond donors (Lipinski definition) is 1. The fourth-order valence-corrected chi connectivity index (χ4v) is 2.77. The molecule has 0 radical (unpaired) electrons. The van der Waals surface area contributed by atoms with E-state index in [-0.39, 0.29) is 5.91 Å². The lowest BCUT2D eigenvalue weighted by atomic mass is 9.81. The number of nitrogens with zero attached hydrogens (tertiary/aromatic N) is 1.